The number of amides is 14. The maximum absolute atomic E-state index is 14.7. The molecule has 20 N–H and O–H groups in total. The maximum atomic E-state index is 14.7. The largest absolute Gasteiger partial charge is 0.391 e. The fourth-order valence-electron chi connectivity index (χ4n) is 9.48. The number of hydrogen-bond donors (Lipinski definition) is 18. The van der Waals surface area contributed by atoms with E-state index in [2.05, 4.69) is 88.3 Å². The van der Waals surface area contributed by atoms with E-state index in [9.17, 15) is 77.3 Å². The number of aliphatic hydroxyl groups excluding tert-OH is 2. The van der Waals surface area contributed by atoms with Crippen LogP contribution >= 0.6 is 0 Å². The summed E-state index contributed by atoms with van der Waals surface area (Å²) in [5.74, 6) is -10.3. The minimum absolute atomic E-state index is 0.0110. The van der Waals surface area contributed by atoms with Crippen LogP contribution in [-0.4, -0.2) is 206 Å². The molecule has 0 radical (unpaired) electrons. The third-order valence-electron chi connectivity index (χ3n) is 14.9. The first-order valence-corrected chi connectivity index (χ1v) is 31.0. The maximum Gasteiger partial charge on any atom is 0.245 e. The molecular weight excluding hydrogens is 1190 g/mol. The predicted octanol–water partition coefficient (Wildman–Crippen LogP) is -5.88. The summed E-state index contributed by atoms with van der Waals surface area (Å²) in [6, 6.07) is -7.26. The molecule has 32 heteroatoms. The van der Waals surface area contributed by atoms with Crippen LogP contribution in [0.2, 0.25) is 0 Å². The zero-order chi connectivity index (χ0) is 68.0. The molecule has 32 nitrogen and oxygen atoms in total. The lowest BCUT2D eigenvalue weighted by Gasteiger charge is -2.29. The molecule has 0 aromatic heterocycles. The molecule has 91 heavy (non-hydrogen) atoms. The van der Waals surface area contributed by atoms with Crippen LogP contribution in [0.4, 0.5) is 0 Å². The predicted molar refractivity (Wildman–Crippen MR) is 331 cm³/mol. The fourth-order valence-corrected chi connectivity index (χ4v) is 9.48. The molecule has 1 aliphatic heterocycles. The minimum Gasteiger partial charge on any atom is -0.391 e. The standard InChI is InChI=1S/C59H98N16O16/c1-7-35(4)13-11-12-16-47(81)66-41(19-25-62-31-76)55(87)75-49(37(6)80)59(91)71-43(21-27-64-33-78)52(84)69-44-22-28-65-58(90)48(36(5)79)74-54(86)40(18-24-61)68-51(83)42(20-26-63-32-77)70-56(88)45(29-34(2)3)72-57(89)46(30-38-14-9-8-10-15-38)73-50(82)39(17-23-60)67-53(44)85/h8-10,14-15,31-37,39-46,48-49,79-80H,7,11-13,16-30,60-61H2,1-6H3,(H,62,76)(H,63,77)(H,64,78)(H,65,90)(H,66,81)(H,67,85)(H,68,83)(H,69,84)(H,70,88)(H,71,91)(H,72,89)(H,73,82)(H,74,86)(H,75,87)/t35?,36-,37-,39+,40+,41+,42+,43+,44+,45+,46-,48+,49+/m1/s1. The molecule has 510 valence electrons. The lowest BCUT2D eigenvalue weighted by molar-refractivity contribution is -0.137. The van der Waals surface area contributed by atoms with Gasteiger partial charge < -0.3 is 96.1 Å². The lowest BCUT2D eigenvalue weighted by Crippen LogP contribution is -2.62. The van der Waals surface area contributed by atoms with Gasteiger partial charge in [-0.2, -0.15) is 0 Å². The summed E-state index contributed by atoms with van der Waals surface area (Å²) < 4.78 is 0. The third-order valence-corrected chi connectivity index (χ3v) is 14.9. The van der Waals surface area contributed by atoms with Crippen molar-refractivity contribution in [3.05, 3.63) is 35.9 Å². The number of carbonyl (C=O) groups is 14. The van der Waals surface area contributed by atoms with Crippen molar-refractivity contribution in [1.82, 2.24) is 74.4 Å². The number of nitrogens with one attached hydrogen (secondary N) is 14. The zero-order valence-corrected chi connectivity index (χ0v) is 52.9. The highest BCUT2D eigenvalue weighted by molar-refractivity contribution is 5.99. The van der Waals surface area contributed by atoms with Crippen LogP contribution in [0.3, 0.4) is 0 Å². The van der Waals surface area contributed by atoms with Gasteiger partial charge in [-0.05, 0) is 95.7 Å². The molecule has 1 fully saturated rings. The van der Waals surface area contributed by atoms with Crippen molar-refractivity contribution in [1.29, 1.82) is 0 Å². The summed E-state index contributed by atoms with van der Waals surface area (Å²) in [4.78, 5) is 189. The summed E-state index contributed by atoms with van der Waals surface area (Å²) in [7, 11) is 0. The van der Waals surface area contributed by atoms with Crippen molar-refractivity contribution >= 4 is 84.2 Å². The van der Waals surface area contributed by atoms with Gasteiger partial charge in [0.15, 0.2) is 0 Å². The molecular formula is C59H98N16O16. The van der Waals surface area contributed by atoms with E-state index in [1.165, 1.54) is 0 Å². The van der Waals surface area contributed by atoms with E-state index in [4.69, 9.17) is 11.5 Å². The van der Waals surface area contributed by atoms with Gasteiger partial charge >= 0.3 is 0 Å². The van der Waals surface area contributed by atoms with Gasteiger partial charge in [-0.1, -0.05) is 77.3 Å². The molecule has 0 aliphatic carbocycles. The topological polar surface area (TPSA) is 500 Å². The van der Waals surface area contributed by atoms with Crippen molar-refractivity contribution in [2.75, 3.05) is 39.3 Å². The quantitative estimate of drug-likeness (QED) is 0.0222. The van der Waals surface area contributed by atoms with E-state index in [0.29, 0.717) is 37.1 Å². The van der Waals surface area contributed by atoms with Crippen LogP contribution in [0.5, 0.6) is 0 Å². The smallest absolute Gasteiger partial charge is 0.245 e. The van der Waals surface area contributed by atoms with Crippen molar-refractivity contribution in [2.45, 2.75) is 198 Å². The van der Waals surface area contributed by atoms with E-state index in [-0.39, 0.29) is 83.6 Å². The Balaban J connectivity index is 2.76. The second-order valence-electron chi connectivity index (χ2n) is 22.9. The monoisotopic (exact) mass is 1290 g/mol. The molecule has 1 aromatic carbocycles. The van der Waals surface area contributed by atoms with Crippen LogP contribution in [-0.2, 0) is 73.5 Å². The van der Waals surface area contributed by atoms with Crippen LogP contribution < -0.4 is 85.9 Å². The Kier molecular flexibility index (Phi) is 37.5. The normalized spacial score (nSPS) is 21.9. The highest BCUT2D eigenvalue weighted by atomic mass is 16.3. The summed E-state index contributed by atoms with van der Waals surface area (Å²) in [5.41, 5.74) is 12.4. The number of nitrogens with two attached hydrogens (primary N) is 2. The second kappa shape index (κ2) is 43.4. The Bertz CT molecular complexity index is 2530. The van der Waals surface area contributed by atoms with Gasteiger partial charge in [-0.3, -0.25) is 67.1 Å². The summed E-state index contributed by atoms with van der Waals surface area (Å²) in [5, 5.41) is 56.7. The zero-order valence-electron chi connectivity index (χ0n) is 52.9. The van der Waals surface area contributed by atoms with Crippen molar-refractivity contribution in [3.8, 4) is 0 Å². The van der Waals surface area contributed by atoms with Gasteiger partial charge in [-0.25, -0.2) is 0 Å². The number of benzene rings is 1. The molecule has 14 amide bonds. The second-order valence-corrected chi connectivity index (χ2v) is 22.9. The summed E-state index contributed by atoms with van der Waals surface area (Å²) in [6.07, 6.45) is -1.02. The van der Waals surface area contributed by atoms with E-state index >= 15 is 0 Å². The highest BCUT2D eigenvalue weighted by Gasteiger charge is 2.38. The SMILES string of the molecule is CCC(C)CCCCC(=O)N[C@@H](CCNC=O)C(=O)N[C@H](C(=O)N[C@@H](CCNC=O)C(=O)N[C@H]1CCNC(=O)[C@H]([C@@H](C)O)NC(=O)[C@H](CCN)NC(=O)[C@H](CCNC=O)NC(=O)[C@H](CC(C)C)NC(=O)[C@@H](Cc2ccccc2)NC(=O)[C@H](CCN)NC1=O)[C@@H](C)O. The Morgan fingerprint density at radius 3 is 1.63 bits per heavy atom. The first-order valence-electron chi connectivity index (χ1n) is 31.0. The summed E-state index contributed by atoms with van der Waals surface area (Å²) >= 11 is 0. The number of unbranched alkanes of at least 4 members (excludes halogenated alkanes) is 1. The van der Waals surface area contributed by atoms with Gasteiger partial charge in [-0.15, -0.1) is 0 Å². The fraction of sp³-hybridized carbons (Fsp3) is 0.661. The first-order chi connectivity index (χ1) is 43.3. The van der Waals surface area contributed by atoms with Gasteiger partial charge in [0.2, 0.25) is 84.2 Å². The van der Waals surface area contributed by atoms with Crippen LogP contribution in [0.1, 0.15) is 124 Å². The minimum atomic E-state index is -1.81. The van der Waals surface area contributed by atoms with Gasteiger partial charge in [0, 0.05) is 39.0 Å². The van der Waals surface area contributed by atoms with Crippen molar-refractivity contribution in [2.24, 2.45) is 23.3 Å². The molecule has 1 heterocycles. The molecule has 1 aliphatic rings. The average molecular weight is 1290 g/mol. The van der Waals surface area contributed by atoms with Crippen molar-refractivity contribution < 1.29 is 77.3 Å². The Labute approximate surface area is 530 Å². The Morgan fingerprint density at radius 2 is 1.09 bits per heavy atom. The van der Waals surface area contributed by atoms with Crippen LogP contribution in [0.15, 0.2) is 30.3 Å². The molecule has 0 bridgehead atoms. The third kappa shape index (κ3) is 29.9. The molecule has 0 saturated carbocycles. The summed E-state index contributed by atoms with van der Waals surface area (Å²) in [6.45, 7) is 8.51. The van der Waals surface area contributed by atoms with Crippen molar-refractivity contribution in [3.63, 3.8) is 0 Å². The van der Waals surface area contributed by atoms with E-state index in [1.54, 1.807) is 44.2 Å². The molecule has 0 spiro atoms. The molecule has 2 rings (SSSR count). The average Bonchev–Trinajstić information content (AvgIpc) is 1.86. The first kappa shape index (κ1) is 78.7. The van der Waals surface area contributed by atoms with Gasteiger partial charge in [0.25, 0.3) is 0 Å². The van der Waals surface area contributed by atoms with Gasteiger partial charge in [0.1, 0.15) is 60.4 Å². The lowest BCUT2D eigenvalue weighted by atomic mass is 10.00. The Morgan fingerprint density at radius 1 is 0.582 bits per heavy atom. The van der Waals surface area contributed by atoms with Crippen LogP contribution in [0, 0.1) is 11.8 Å². The van der Waals surface area contributed by atoms with Crippen LogP contribution in [0.25, 0.3) is 0 Å². The highest BCUT2D eigenvalue weighted by Crippen LogP contribution is 2.14. The molecule has 13 atom stereocenters. The van der Waals surface area contributed by atoms with E-state index in [1.807, 2.05) is 0 Å². The molecule has 1 unspecified atom stereocenters. The number of rotatable bonds is 35. The molecule has 1 aromatic rings. The number of carbonyl (C=O) groups excluding carboxylic acids is 14. The molecule has 1 saturated heterocycles. The number of aliphatic hydroxyl groups is 2. The van der Waals surface area contributed by atoms with E-state index < -0.39 is 157 Å². The number of hydrogen-bond acceptors (Lipinski definition) is 18. The van der Waals surface area contributed by atoms with E-state index in [0.717, 1.165) is 33.1 Å². The Hall–Kier alpha value is -8.36. The van der Waals surface area contributed by atoms with Gasteiger partial charge in [0.05, 0.1) is 12.2 Å².